The molecule has 4 heteroatoms. The Kier molecular flexibility index (Phi) is 4.23. The molecule has 0 aromatic rings. The van der Waals surface area contributed by atoms with Crippen molar-refractivity contribution < 1.29 is 13.2 Å². The van der Waals surface area contributed by atoms with Crippen LogP contribution < -0.4 is 5.32 Å². The summed E-state index contributed by atoms with van der Waals surface area (Å²) in [7, 11) is 0. The number of hydrogen-bond donors (Lipinski definition) is 1. The number of nitrogens with one attached hydrogen (secondary N) is 1. The standard InChI is InChI=1S/C10H18F3N/c1-8-4-2-3-5-9(8)14-7-6-10(11,12)13/h8-9,14H,2-7H2,1H3. The van der Waals surface area contributed by atoms with E-state index in [9.17, 15) is 13.2 Å². The summed E-state index contributed by atoms with van der Waals surface area (Å²) in [5, 5.41) is 3.01. The first kappa shape index (κ1) is 11.8. The van der Waals surface area contributed by atoms with Gasteiger partial charge in [-0.15, -0.1) is 0 Å². The van der Waals surface area contributed by atoms with Crippen molar-refractivity contribution in [3.8, 4) is 0 Å². The zero-order valence-corrected chi connectivity index (χ0v) is 8.53. The molecule has 0 aromatic heterocycles. The van der Waals surface area contributed by atoms with Gasteiger partial charge in [0.2, 0.25) is 0 Å². The van der Waals surface area contributed by atoms with Crippen molar-refractivity contribution in [2.24, 2.45) is 5.92 Å². The lowest BCUT2D eigenvalue weighted by Crippen LogP contribution is -2.38. The predicted molar refractivity (Wildman–Crippen MR) is 50.1 cm³/mol. The van der Waals surface area contributed by atoms with Gasteiger partial charge in [0.1, 0.15) is 0 Å². The minimum Gasteiger partial charge on any atom is -0.313 e. The molecule has 1 aliphatic rings. The fraction of sp³-hybridized carbons (Fsp3) is 1.00. The minimum atomic E-state index is -4.02. The molecule has 0 heterocycles. The summed E-state index contributed by atoms with van der Waals surface area (Å²) in [6.07, 6.45) is -0.198. The Balaban J connectivity index is 2.17. The van der Waals surface area contributed by atoms with Crippen LogP contribution in [0, 0.1) is 5.92 Å². The third kappa shape index (κ3) is 4.31. The van der Waals surface area contributed by atoms with Crippen LogP contribution >= 0.6 is 0 Å². The molecule has 0 spiro atoms. The van der Waals surface area contributed by atoms with E-state index in [2.05, 4.69) is 12.2 Å². The Labute approximate surface area is 83.1 Å². The van der Waals surface area contributed by atoms with Crippen molar-refractivity contribution in [3.05, 3.63) is 0 Å². The largest absolute Gasteiger partial charge is 0.390 e. The maximum absolute atomic E-state index is 11.9. The van der Waals surface area contributed by atoms with Crippen molar-refractivity contribution in [1.82, 2.24) is 5.32 Å². The molecule has 1 fully saturated rings. The molecule has 0 aliphatic heterocycles. The average Bonchev–Trinajstić information content (AvgIpc) is 2.06. The molecular formula is C10H18F3N. The van der Waals surface area contributed by atoms with Gasteiger partial charge in [0.05, 0.1) is 6.42 Å². The van der Waals surface area contributed by atoms with Crippen LogP contribution in [0.4, 0.5) is 13.2 Å². The monoisotopic (exact) mass is 209 g/mol. The molecule has 1 aliphatic carbocycles. The Morgan fingerprint density at radius 1 is 1.21 bits per heavy atom. The van der Waals surface area contributed by atoms with E-state index >= 15 is 0 Å². The SMILES string of the molecule is CC1CCCCC1NCCC(F)(F)F. The summed E-state index contributed by atoms with van der Waals surface area (Å²) in [4.78, 5) is 0. The fourth-order valence-corrected chi connectivity index (χ4v) is 2.02. The van der Waals surface area contributed by atoms with Gasteiger partial charge in [-0.2, -0.15) is 13.2 Å². The Morgan fingerprint density at radius 2 is 1.86 bits per heavy atom. The first-order valence-electron chi connectivity index (χ1n) is 5.29. The van der Waals surface area contributed by atoms with Gasteiger partial charge in [-0.25, -0.2) is 0 Å². The van der Waals surface area contributed by atoms with Gasteiger partial charge in [-0.1, -0.05) is 19.8 Å². The zero-order valence-electron chi connectivity index (χ0n) is 8.53. The average molecular weight is 209 g/mol. The van der Waals surface area contributed by atoms with Crippen molar-refractivity contribution >= 4 is 0 Å². The molecule has 2 unspecified atom stereocenters. The van der Waals surface area contributed by atoms with E-state index in [1.54, 1.807) is 0 Å². The summed E-state index contributed by atoms with van der Waals surface area (Å²) < 4.78 is 35.6. The van der Waals surface area contributed by atoms with E-state index in [4.69, 9.17) is 0 Å². The first-order chi connectivity index (χ1) is 6.49. The van der Waals surface area contributed by atoms with Crippen LogP contribution in [0.2, 0.25) is 0 Å². The van der Waals surface area contributed by atoms with E-state index < -0.39 is 12.6 Å². The summed E-state index contributed by atoms with van der Waals surface area (Å²) in [6.45, 7) is 2.18. The molecule has 14 heavy (non-hydrogen) atoms. The summed E-state index contributed by atoms with van der Waals surface area (Å²) in [5.74, 6) is 0.525. The second-order valence-electron chi connectivity index (χ2n) is 4.19. The highest BCUT2D eigenvalue weighted by molar-refractivity contribution is 4.78. The second kappa shape index (κ2) is 5.01. The van der Waals surface area contributed by atoms with E-state index in [1.165, 1.54) is 6.42 Å². The Hall–Kier alpha value is -0.250. The van der Waals surface area contributed by atoms with Gasteiger partial charge in [-0.05, 0) is 18.8 Å². The molecule has 0 aromatic carbocycles. The van der Waals surface area contributed by atoms with Crippen LogP contribution in [0.25, 0.3) is 0 Å². The molecule has 0 bridgehead atoms. The molecule has 0 radical (unpaired) electrons. The highest BCUT2D eigenvalue weighted by Crippen LogP contribution is 2.24. The van der Waals surface area contributed by atoms with Gasteiger partial charge in [-0.3, -0.25) is 0 Å². The molecular weight excluding hydrogens is 191 g/mol. The lowest BCUT2D eigenvalue weighted by Gasteiger charge is -2.29. The van der Waals surface area contributed by atoms with Gasteiger partial charge in [0.25, 0.3) is 0 Å². The maximum Gasteiger partial charge on any atom is 0.390 e. The molecule has 1 rings (SSSR count). The highest BCUT2D eigenvalue weighted by atomic mass is 19.4. The van der Waals surface area contributed by atoms with Crippen molar-refractivity contribution in [1.29, 1.82) is 0 Å². The normalized spacial score (nSPS) is 29.1. The number of hydrogen-bond acceptors (Lipinski definition) is 1. The van der Waals surface area contributed by atoms with Crippen LogP contribution in [-0.2, 0) is 0 Å². The third-order valence-electron chi connectivity index (χ3n) is 2.93. The molecule has 2 atom stereocenters. The predicted octanol–water partition coefficient (Wildman–Crippen LogP) is 3.11. The van der Waals surface area contributed by atoms with E-state index in [1.807, 2.05) is 0 Å². The Bertz CT molecular complexity index is 167. The summed E-state index contributed by atoms with van der Waals surface area (Å²) in [6, 6.07) is 0.297. The number of halogens is 3. The zero-order chi connectivity index (χ0) is 10.6. The van der Waals surface area contributed by atoms with Gasteiger partial charge in [0, 0.05) is 12.6 Å². The molecule has 0 amide bonds. The molecule has 1 saturated carbocycles. The first-order valence-corrected chi connectivity index (χ1v) is 5.29. The molecule has 1 N–H and O–H groups in total. The molecule has 84 valence electrons. The maximum atomic E-state index is 11.9. The quantitative estimate of drug-likeness (QED) is 0.753. The second-order valence-corrected chi connectivity index (χ2v) is 4.19. The van der Waals surface area contributed by atoms with E-state index in [-0.39, 0.29) is 6.54 Å². The fourth-order valence-electron chi connectivity index (χ4n) is 2.02. The molecule has 0 saturated heterocycles. The van der Waals surface area contributed by atoms with Crippen LogP contribution in [0.5, 0.6) is 0 Å². The van der Waals surface area contributed by atoms with Gasteiger partial charge in [0.15, 0.2) is 0 Å². The highest BCUT2D eigenvalue weighted by Gasteiger charge is 2.27. The third-order valence-corrected chi connectivity index (χ3v) is 2.93. The van der Waals surface area contributed by atoms with Crippen LogP contribution in [0.3, 0.4) is 0 Å². The van der Waals surface area contributed by atoms with Gasteiger partial charge >= 0.3 is 6.18 Å². The Morgan fingerprint density at radius 3 is 2.43 bits per heavy atom. The van der Waals surface area contributed by atoms with Crippen molar-refractivity contribution in [2.75, 3.05) is 6.54 Å². The van der Waals surface area contributed by atoms with Crippen LogP contribution in [0.15, 0.2) is 0 Å². The smallest absolute Gasteiger partial charge is 0.313 e. The van der Waals surface area contributed by atoms with E-state index in [0.717, 1.165) is 19.3 Å². The number of alkyl halides is 3. The summed E-state index contributed by atoms with van der Waals surface area (Å²) >= 11 is 0. The van der Waals surface area contributed by atoms with E-state index in [0.29, 0.717) is 12.0 Å². The van der Waals surface area contributed by atoms with Gasteiger partial charge < -0.3 is 5.32 Å². The number of rotatable bonds is 3. The lowest BCUT2D eigenvalue weighted by atomic mass is 9.86. The minimum absolute atomic E-state index is 0.0680. The van der Waals surface area contributed by atoms with Crippen LogP contribution in [-0.4, -0.2) is 18.8 Å². The van der Waals surface area contributed by atoms with Crippen LogP contribution in [0.1, 0.15) is 39.0 Å². The lowest BCUT2D eigenvalue weighted by molar-refractivity contribution is -0.133. The molecule has 1 nitrogen and oxygen atoms in total. The van der Waals surface area contributed by atoms with Crippen molar-refractivity contribution in [2.45, 2.75) is 51.2 Å². The topological polar surface area (TPSA) is 12.0 Å². The van der Waals surface area contributed by atoms with Crippen molar-refractivity contribution in [3.63, 3.8) is 0 Å². The summed E-state index contributed by atoms with van der Waals surface area (Å²) in [5.41, 5.74) is 0.